The topological polar surface area (TPSA) is 89.3 Å². The summed E-state index contributed by atoms with van der Waals surface area (Å²) in [5.41, 5.74) is 10.2. The Balaban J connectivity index is 2.75. The molecule has 0 aliphatic heterocycles. The molecule has 11 heavy (non-hydrogen) atoms. The molecule has 0 aromatic heterocycles. The van der Waals surface area contributed by atoms with Crippen LogP contribution in [0.4, 0.5) is 0 Å². The van der Waals surface area contributed by atoms with Gasteiger partial charge in [0.1, 0.15) is 0 Å². The van der Waals surface area contributed by atoms with Crippen molar-refractivity contribution in [2.45, 2.75) is 12.1 Å². The highest BCUT2D eigenvalue weighted by Gasteiger charge is 2.25. The lowest BCUT2D eigenvalue weighted by atomic mass is 10.0. The van der Waals surface area contributed by atoms with Gasteiger partial charge < -0.3 is 11.5 Å². The van der Waals surface area contributed by atoms with Gasteiger partial charge in [0.25, 0.3) is 0 Å². The number of hydrogen-bond donors (Lipinski definition) is 3. The maximum absolute atomic E-state index is 10.5. The van der Waals surface area contributed by atoms with Gasteiger partial charge in [-0.05, 0) is 22.8 Å². The van der Waals surface area contributed by atoms with E-state index in [0.29, 0.717) is 11.7 Å². The molecule has 0 spiro atoms. The molecular formula is C6H10N2O2P+. The molecule has 0 heterocycles. The number of hydrogen-bond acceptors (Lipinski definition) is 3. The van der Waals surface area contributed by atoms with Crippen LogP contribution in [-0.4, -0.2) is 10.6 Å². The summed E-state index contributed by atoms with van der Waals surface area (Å²) in [5, 5.41) is 0.395. The number of allylic oxidation sites excluding steroid dienone is 2. The summed E-state index contributed by atoms with van der Waals surface area (Å²) in [7, 11) is -2.25. The third kappa shape index (κ3) is 2.20. The van der Waals surface area contributed by atoms with Crippen molar-refractivity contribution >= 4 is 8.03 Å². The Bertz CT molecular complexity index is 245. The fourth-order valence-electron chi connectivity index (χ4n) is 0.800. The van der Waals surface area contributed by atoms with Crippen LogP contribution in [0.5, 0.6) is 0 Å². The highest BCUT2D eigenvalue weighted by atomic mass is 31.1. The summed E-state index contributed by atoms with van der Waals surface area (Å²) >= 11 is 0. The Hall–Kier alpha value is -0.540. The molecule has 5 heteroatoms. The van der Waals surface area contributed by atoms with E-state index in [9.17, 15) is 4.57 Å². The van der Waals surface area contributed by atoms with Gasteiger partial charge in [-0.1, -0.05) is 0 Å². The van der Waals surface area contributed by atoms with E-state index in [1.807, 2.05) is 0 Å². The maximum atomic E-state index is 10.5. The van der Waals surface area contributed by atoms with Crippen molar-refractivity contribution in [3.8, 4) is 0 Å². The molecule has 1 atom stereocenters. The molecule has 1 rings (SSSR count). The molecule has 0 amide bonds. The van der Waals surface area contributed by atoms with Crippen LogP contribution in [0.15, 0.2) is 23.5 Å². The smallest absolute Gasteiger partial charge is 0.310 e. The van der Waals surface area contributed by atoms with E-state index in [-0.39, 0.29) is 0 Å². The molecule has 0 fully saturated rings. The minimum atomic E-state index is -2.25. The first-order valence-corrected chi connectivity index (χ1v) is 4.36. The average Bonchev–Trinajstić information content (AvgIpc) is 1.86. The standard InChI is InChI=1S/C6H9N2O2P/c7-6(8)3-1-5(2-4-6)11(9)10/h1-3H,4,7-8H2/p+1. The first kappa shape index (κ1) is 8.56. The molecule has 1 aliphatic carbocycles. The van der Waals surface area contributed by atoms with Gasteiger partial charge in [-0.2, -0.15) is 4.89 Å². The van der Waals surface area contributed by atoms with Gasteiger partial charge in [-0.3, -0.25) is 0 Å². The Morgan fingerprint density at radius 1 is 1.64 bits per heavy atom. The van der Waals surface area contributed by atoms with Gasteiger partial charge in [0.15, 0.2) is 0 Å². The van der Waals surface area contributed by atoms with E-state index in [2.05, 4.69) is 0 Å². The molecule has 0 saturated carbocycles. The molecule has 0 aromatic rings. The normalized spacial score (nSPS) is 22.8. The zero-order valence-corrected chi connectivity index (χ0v) is 6.79. The van der Waals surface area contributed by atoms with Crippen LogP contribution >= 0.6 is 8.03 Å². The van der Waals surface area contributed by atoms with Crippen molar-refractivity contribution in [3.05, 3.63) is 23.5 Å². The van der Waals surface area contributed by atoms with Crippen LogP contribution in [0, 0.1) is 0 Å². The van der Waals surface area contributed by atoms with Crippen molar-refractivity contribution in [1.82, 2.24) is 0 Å². The van der Waals surface area contributed by atoms with E-state index >= 15 is 0 Å². The summed E-state index contributed by atoms with van der Waals surface area (Å²) in [6, 6.07) is 0. The number of nitrogens with two attached hydrogens (primary N) is 2. The minimum absolute atomic E-state index is 0.395. The lowest BCUT2D eigenvalue weighted by Gasteiger charge is -2.19. The van der Waals surface area contributed by atoms with Crippen molar-refractivity contribution in [2.24, 2.45) is 11.5 Å². The fourth-order valence-corrected chi connectivity index (χ4v) is 1.25. The summed E-state index contributed by atoms with van der Waals surface area (Å²) in [6.07, 6.45) is 5.01. The van der Waals surface area contributed by atoms with E-state index < -0.39 is 13.7 Å². The second-order valence-corrected chi connectivity index (χ2v) is 3.61. The minimum Gasteiger partial charge on any atom is -0.310 e. The lowest BCUT2D eigenvalue weighted by molar-refractivity contribution is 0.508. The van der Waals surface area contributed by atoms with Crippen LogP contribution < -0.4 is 11.5 Å². The molecule has 60 valence electrons. The van der Waals surface area contributed by atoms with Gasteiger partial charge >= 0.3 is 8.03 Å². The average molecular weight is 173 g/mol. The predicted molar refractivity (Wildman–Crippen MR) is 42.8 cm³/mol. The van der Waals surface area contributed by atoms with Crippen LogP contribution in [0.2, 0.25) is 0 Å². The van der Waals surface area contributed by atoms with Crippen LogP contribution in [0.3, 0.4) is 0 Å². The van der Waals surface area contributed by atoms with E-state index in [1.54, 1.807) is 6.08 Å². The van der Waals surface area contributed by atoms with Crippen molar-refractivity contribution in [1.29, 1.82) is 0 Å². The van der Waals surface area contributed by atoms with Crippen LogP contribution in [0.25, 0.3) is 0 Å². The molecule has 0 radical (unpaired) electrons. The van der Waals surface area contributed by atoms with Crippen molar-refractivity contribution < 1.29 is 9.46 Å². The Kier molecular flexibility index (Phi) is 2.20. The SMILES string of the molecule is NC1(N)C=CC([P+](=O)O)=CC1. The van der Waals surface area contributed by atoms with Gasteiger partial charge in [0, 0.05) is 6.42 Å². The summed E-state index contributed by atoms with van der Waals surface area (Å²) in [4.78, 5) is 8.66. The zero-order chi connectivity index (χ0) is 8.48. The van der Waals surface area contributed by atoms with Crippen LogP contribution in [0.1, 0.15) is 6.42 Å². The van der Waals surface area contributed by atoms with Crippen LogP contribution in [-0.2, 0) is 4.57 Å². The predicted octanol–water partition coefficient (Wildman–Crippen LogP) is 0.179. The molecule has 4 nitrogen and oxygen atoms in total. The zero-order valence-electron chi connectivity index (χ0n) is 5.90. The molecule has 0 saturated heterocycles. The van der Waals surface area contributed by atoms with Crippen molar-refractivity contribution in [3.63, 3.8) is 0 Å². The molecule has 0 aromatic carbocycles. The van der Waals surface area contributed by atoms with E-state index in [0.717, 1.165) is 0 Å². The van der Waals surface area contributed by atoms with Crippen molar-refractivity contribution in [2.75, 3.05) is 0 Å². The highest BCUT2D eigenvalue weighted by Crippen LogP contribution is 2.31. The Morgan fingerprint density at radius 2 is 2.27 bits per heavy atom. The molecule has 1 aliphatic rings. The van der Waals surface area contributed by atoms with Gasteiger partial charge in [-0.25, -0.2) is 0 Å². The Labute approximate surface area is 65.4 Å². The second-order valence-electron chi connectivity index (χ2n) is 2.55. The van der Waals surface area contributed by atoms with Gasteiger partial charge in [-0.15, -0.1) is 0 Å². The first-order chi connectivity index (χ1) is 5.01. The summed E-state index contributed by atoms with van der Waals surface area (Å²) in [6.45, 7) is 0. The van der Waals surface area contributed by atoms with E-state index in [1.165, 1.54) is 12.2 Å². The quantitative estimate of drug-likeness (QED) is 0.389. The number of rotatable bonds is 1. The molecular weight excluding hydrogens is 163 g/mol. The summed E-state index contributed by atoms with van der Waals surface area (Å²) < 4.78 is 10.5. The Morgan fingerprint density at radius 3 is 2.64 bits per heavy atom. The first-order valence-electron chi connectivity index (χ1n) is 3.14. The third-order valence-electron chi connectivity index (χ3n) is 1.45. The van der Waals surface area contributed by atoms with E-state index in [4.69, 9.17) is 16.4 Å². The molecule has 1 unspecified atom stereocenters. The fraction of sp³-hybridized carbons (Fsp3) is 0.333. The second kappa shape index (κ2) is 2.83. The van der Waals surface area contributed by atoms with Gasteiger partial charge in [0.05, 0.1) is 5.66 Å². The third-order valence-corrected chi connectivity index (χ3v) is 2.22. The summed E-state index contributed by atoms with van der Waals surface area (Å²) in [5.74, 6) is 0. The van der Waals surface area contributed by atoms with Gasteiger partial charge in [0.2, 0.25) is 5.31 Å². The lowest BCUT2D eigenvalue weighted by Crippen LogP contribution is -2.47. The molecule has 5 N–H and O–H groups in total. The molecule has 0 bridgehead atoms. The monoisotopic (exact) mass is 173 g/mol. The maximum Gasteiger partial charge on any atom is 0.545 e. The largest absolute Gasteiger partial charge is 0.545 e. The highest BCUT2D eigenvalue weighted by molar-refractivity contribution is 7.43.